The number of nitrogen functional groups attached to an aromatic ring is 1. The molecule has 0 fully saturated rings. The summed E-state index contributed by atoms with van der Waals surface area (Å²) in [6, 6.07) is 16.3. The SMILES string of the molecule is CCN(CC)S(=O)(=O)c1cccc(-c2nnc(SCCCOc3ccccc3)n2N)c1. The van der Waals surface area contributed by atoms with E-state index in [0.717, 1.165) is 17.9 Å². The molecule has 0 bridgehead atoms. The topological polar surface area (TPSA) is 103 Å². The molecule has 3 rings (SSSR count). The lowest BCUT2D eigenvalue weighted by molar-refractivity contribution is 0.318. The molecule has 0 saturated heterocycles. The Morgan fingerprint density at radius 1 is 1.06 bits per heavy atom. The van der Waals surface area contributed by atoms with Gasteiger partial charge in [0, 0.05) is 24.4 Å². The molecule has 2 aromatic carbocycles. The average molecular weight is 462 g/mol. The smallest absolute Gasteiger partial charge is 0.243 e. The van der Waals surface area contributed by atoms with Gasteiger partial charge in [-0.25, -0.2) is 13.1 Å². The first-order valence-electron chi connectivity index (χ1n) is 10.1. The Labute approximate surface area is 187 Å². The van der Waals surface area contributed by atoms with E-state index in [2.05, 4.69) is 10.2 Å². The van der Waals surface area contributed by atoms with Gasteiger partial charge < -0.3 is 10.6 Å². The molecule has 31 heavy (non-hydrogen) atoms. The van der Waals surface area contributed by atoms with Crippen LogP contribution in [0.3, 0.4) is 0 Å². The van der Waals surface area contributed by atoms with Crippen LogP contribution in [-0.4, -0.2) is 53.0 Å². The molecular weight excluding hydrogens is 434 g/mol. The molecule has 8 nitrogen and oxygen atoms in total. The van der Waals surface area contributed by atoms with E-state index in [0.29, 0.717) is 36.2 Å². The van der Waals surface area contributed by atoms with Crippen LogP contribution < -0.4 is 10.6 Å². The number of benzene rings is 2. The van der Waals surface area contributed by atoms with Gasteiger partial charge in [-0.15, -0.1) is 10.2 Å². The number of rotatable bonds is 11. The van der Waals surface area contributed by atoms with Gasteiger partial charge in [0.2, 0.25) is 15.2 Å². The minimum atomic E-state index is -3.57. The van der Waals surface area contributed by atoms with E-state index in [1.165, 1.54) is 20.7 Å². The van der Waals surface area contributed by atoms with Crippen molar-refractivity contribution in [2.45, 2.75) is 30.3 Å². The summed E-state index contributed by atoms with van der Waals surface area (Å²) in [5.41, 5.74) is 0.600. The molecule has 0 amide bonds. The molecule has 0 aliphatic carbocycles. The number of thioether (sulfide) groups is 1. The number of nitrogens with two attached hydrogens (primary N) is 1. The number of aromatic nitrogens is 3. The molecule has 0 unspecified atom stereocenters. The van der Waals surface area contributed by atoms with E-state index < -0.39 is 10.0 Å². The average Bonchev–Trinajstić information content (AvgIpc) is 3.15. The molecule has 0 aliphatic rings. The highest BCUT2D eigenvalue weighted by Gasteiger charge is 2.22. The number of hydrogen-bond donors (Lipinski definition) is 1. The number of hydrogen-bond acceptors (Lipinski definition) is 7. The van der Waals surface area contributed by atoms with Crippen LogP contribution in [0.15, 0.2) is 64.6 Å². The molecule has 2 N–H and O–H groups in total. The van der Waals surface area contributed by atoms with Gasteiger partial charge in [-0.05, 0) is 30.7 Å². The normalized spacial score (nSPS) is 11.7. The standard InChI is InChI=1S/C21H27N5O3S2/c1-3-25(4-2)31(27,28)19-13-8-10-17(16-19)20-23-24-21(26(20)22)30-15-9-14-29-18-11-6-5-7-12-18/h5-8,10-13,16H,3-4,9,14-15,22H2,1-2H3. The Bertz CT molecular complexity index is 1080. The summed E-state index contributed by atoms with van der Waals surface area (Å²) < 4.78 is 34.1. The monoisotopic (exact) mass is 461 g/mol. The van der Waals surface area contributed by atoms with Crippen molar-refractivity contribution < 1.29 is 13.2 Å². The van der Waals surface area contributed by atoms with Gasteiger partial charge in [-0.1, -0.05) is 55.9 Å². The van der Waals surface area contributed by atoms with Gasteiger partial charge in [0.05, 0.1) is 11.5 Å². The Morgan fingerprint density at radius 2 is 1.81 bits per heavy atom. The predicted molar refractivity (Wildman–Crippen MR) is 123 cm³/mol. The summed E-state index contributed by atoms with van der Waals surface area (Å²) in [4.78, 5) is 0.212. The zero-order chi connectivity index (χ0) is 22.3. The van der Waals surface area contributed by atoms with Crippen LogP contribution in [0.25, 0.3) is 11.4 Å². The minimum Gasteiger partial charge on any atom is -0.494 e. The molecule has 0 atom stereocenters. The summed E-state index contributed by atoms with van der Waals surface area (Å²) in [6.07, 6.45) is 0.819. The van der Waals surface area contributed by atoms with E-state index in [9.17, 15) is 8.42 Å². The van der Waals surface area contributed by atoms with Crippen LogP contribution in [0.4, 0.5) is 0 Å². The molecule has 166 valence electrons. The fraction of sp³-hybridized carbons (Fsp3) is 0.333. The highest BCUT2D eigenvalue weighted by Crippen LogP contribution is 2.25. The summed E-state index contributed by atoms with van der Waals surface area (Å²) in [6.45, 7) is 5.04. The Morgan fingerprint density at radius 3 is 2.52 bits per heavy atom. The van der Waals surface area contributed by atoms with Crippen LogP contribution in [0.1, 0.15) is 20.3 Å². The van der Waals surface area contributed by atoms with Crippen molar-refractivity contribution in [3.8, 4) is 17.1 Å². The molecule has 3 aromatic rings. The van der Waals surface area contributed by atoms with Crippen LogP contribution in [0.2, 0.25) is 0 Å². The zero-order valence-corrected chi connectivity index (χ0v) is 19.3. The second kappa shape index (κ2) is 10.7. The number of para-hydroxylation sites is 1. The number of nitrogens with zero attached hydrogens (tertiary/aromatic N) is 4. The first-order chi connectivity index (χ1) is 15.0. The minimum absolute atomic E-state index is 0.212. The third kappa shape index (κ3) is 5.57. The van der Waals surface area contributed by atoms with Gasteiger partial charge in [-0.3, -0.25) is 0 Å². The largest absolute Gasteiger partial charge is 0.494 e. The Kier molecular flexibility index (Phi) is 7.94. The number of sulfonamides is 1. The fourth-order valence-electron chi connectivity index (χ4n) is 3.01. The summed E-state index contributed by atoms with van der Waals surface area (Å²) in [5.74, 6) is 8.21. The van der Waals surface area contributed by atoms with Crippen molar-refractivity contribution in [2.75, 3.05) is 31.3 Å². The summed E-state index contributed by atoms with van der Waals surface area (Å²) in [7, 11) is -3.57. The Balaban J connectivity index is 1.64. The van der Waals surface area contributed by atoms with Crippen molar-refractivity contribution in [3.63, 3.8) is 0 Å². The summed E-state index contributed by atoms with van der Waals surface area (Å²) >= 11 is 1.48. The van der Waals surface area contributed by atoms with E-state index in [4.69, 9.17) is 10.6 Å². The van der Waals surface area contributed by atoms with E-state index >= 15 is 0 Å². The maximum absolute atomic E-state index is 12.8. The predicted octanol–water partition coefficient (Wildman–Crippen LogP) is 3.25. The maximum atomic E-state index is 12.8. The maximum Gasteiger partial charge on any atom is 0.243 e. The first-order valence-corrected chi connectivity index (χ1v) is 12.5. The lowest BCUT2D eigenvalue weighted by atomic mass is 10.2. The molecule has 0 radical (unpaired) electrons. The molecular formula is C21H27N5O3S2. The first kappa shape index (κ1) is 23.1. The van der Waals surface area contributed by atoms with Crippen molar-refractivity contribution >= 4 is 21.8 Å². The quantitative estimate of drug-likeness (QED) is 0.266. The molecule has 1 heterocycles. The van der Waals surface area contributed by atoms with Crippen LogP contribution in [0, 0.1) is 0 Å². The van der Waals surface area contributed by atoms with E-state index in [1.54, 1.807) is 24.3 Å². The van der Waals surface area contributed by atoms with E-state index in [1.807, 2.05) is 44.2 Å². The second-order valence-electron chi connectivity index (χ2n) is 6.66. The van der Waals surface area contributed by atoms with Crippen molar-refractivity contribution in [2.24, 2.45) is 0 Å². The van der Waals surface area contributed by atoms with Gasteiger partial charge in [-0.2, -0.15) is 4.31 Å². The summed E-state index contributed by atoms with van der Waals surface area (Å²) in [5, 5.41) is 8.89. The lowest BCUT2D eigenvalue weighted by Crippen LogP contribution is -2.30. The van der Waals surface area contributed by atoms with Crippen LogP contribution in [-0.2, 0) is 10.0 Å². The van der Waals surface area contributed by atoms with Crippen molar-refractivity contribution in [1.29, 1.82) is 0 Å². The van der Waals surface area contributed by atoms with Crippen molar-refractivity contribution in [1.82, 2.24) is 19.2 Å². The van der Waals surface area contributed by atoms with Crippen LogP contribution in [0.5, 0.6) is 5.75 Å². The molecule has 1 aromatic heterocycles. The van der Waals surface area contributed by atoms with Crippen molar-refractivity contribution in [3.05, 3.63) is 54.6 Å². The molecule has 0 saturated carbocycles. The highest BCUT2D eigenvalue weighted by atomic mass is 32.2. The highest BCUT2D eigenvalue weighted by molar-refractivity contribution is 7.99. The zero-order valence-electron chi connectivity index (χ0n) is 17.6. The lowest BCUT2D eigenvalue weighted by Gasteiger charge is -2.18. The third-order valence-electron chi connectivity index (χ3n) is 4.63. The fourth-order valence-corrected chi connectivity index (χ4v) is 5.28. The van der Waals surface area contributed by atoms with Gasteiger partial charge in [0.15, 0.2) is 5.82 Å². The third-order valence-corrected chi connectivity index (χ3v) is 7.71. The molecule has 0 aliphatic heterocycles. The molecule has 0 spiro atoms. The van der Waals surface area contributed by atoms with Gasteiger partial charge in [0.25, 0.3) is 0 Å². The molecule has 10 heteroatoms. The van der Waals surface area contributed by atoms with Gasteiger partial charge >= 0.3 is 0 Å². The second-order valence-corrected chi connectivity index (χ2v) is 9.66. The Hall–Kier alpha value is -2.56. The van der Waals surface area contributed by atoms with Crippen LogP contribution >= 0.6 is 11.8 Å². The van der Waals surface area contributed by atoms with Gasteiger partial charge in [0.1, 0.15) is 5.75 Å². The number of ether oxygens (including phenoxy) is 1. The van der Waals surface area contributed by atoms with E-state index in [-0.39, 0.29) is 4.90 Å².